The average molecular weight is 319 g/mol. The Morgan fingerprint density at radius 2 is 1.62 bits per heavy atom. The van der Waals surface area contributed by atoms with E-state index >= 15 is 0 Å². The topological polar surface area (TPSA) is 0 Å². The van der Waals surface area contributed by atoms with Gasteiger partial charge in [-0.2, -0.15) is 0 Å². The van der Waals surface area contributed by atoms with Gasteiger partial charge in [0, 0.05) is 0 Å². The first kappa shape index (κ1) is 17.0. The smallest absolute Gasteiger partial charge is 0.00523 e. The third-order valence-corrected chi connectivity index (χ3v) is 5.11. The maximum Gasteiger partial charge on any atom is -0.00523 e. The number of allylic oxidation sites excluding steroid dienone is 1. The van der Waals surface area contributed by atoms with Gasteiger partial charge in [0.1, 0.15) is 0 Å². The Morgan fingerprint density at radius 1 is 0.958 bits per heavy atom. The van der Waals surface area contributed by atoms with E-state index in [0.717, 1.165) is 12.8 Å². The van der Waals surface area contributed by atoms with Crippen molar-refractivity contribution < 1.29 is 0 Å². The summed E-state index contributed by atoms with van der Waals surface area (Å²) in [5, 5.41) is 0. The summed E-state index contributed by atoms with van der Waals surface area (Å²) in [6.45, 7) is 13.7. The van der Waals surface area contributed by atoms with Gasteiger partial charge >= 0.3 is 0 Å². The van der Waals surface area contributed by atoms with E-state index in [1.54, 1.807) is 5.57 Å². The average Bonchev–Trinajstić information content (AvgIpc) is 2.90. The molecule has 0 amide bonds. The number of aryl methyl sites for hydroxylation is 3. The fourth-order valence-electron chi connectivity index (χ4n) is 3.88. The number of hydrogen-bond donors (Lipinski definition) is 0. The minimum atomic E-state index is 0.240. The van der Waals surface area contributed by atoms with E-state index in [1.807, 2.05) is 0 Å². The lowest BCUT2D eigenvalue weighted by Gasteiger charge is -2.19. The maximum atomic E-state index is 2.47. The summed E-state index contributed by atoms with van der Waals surface area (Å²) in [6.07, 6.45) is 5.91. The van der Waals surface area contributed by atoms with Gasteiger partial charge in [0.2, 0.25) is 0 Å². The molecule has 0 unspecified atom stereocenters. The highest BCUT2D eigenvalue weighted by molar-refractivity contribution is 5.84. The highest BCUT2D eigenvalue weighted by atomic mass is 14.3. The van der Waals surface area contributed by atoms with Crippen LogP contribution in [0.1, 0.15) is 61.9 Å². The van der Waals surface area contributed by atoms with Gasteiger partial charge in [-0.15, -0.1) is 0 Å². The summed E-state index contributed by atoms with van der Waals surface area (Å²) in [5.41, 5.74) is 11.8. The summed E-state index contributed by atoms with van der Waals surface area (Å²) in [6, 6.07) is 11.7. The second-order valence-corrected chi connectivity index (χ2v) is 8.40. The van der Waals surface area contributed by atoms with Crippen molar-refractivity contribution in [1.29, 1.82) is 0 Å². The van der Waals surface area contributed by atoms with Crippen molar-refractivity contribution in [3.63, 3.8) is 0 Å². The molecular formula is C24H30. The van der Waals surface area contributed by atoms with Crippen LogP contribution in [0.4, 0.5) is 0 Å². The lowest BCUT2D eigenvalue weighted by Crippen LogP contribution is -2.08. The lowest BCUT2D eigenvalue weighted by molar-refractivity contribution is 0.498. The zero-order chi connectivity index (χ0) is 17.5. The lowest BCUT2D eigenvalue weighted by atomic mass is 9.85. The zero-order valence-electron chi connectivity index (χ0n) is 16.1. The van der Waals surface area contributed by atoms with Crippen LogP contribution in [-0.2, 0) is 12.8 Å². The largest absolute Gasteiger partial charge is 0.0651 e. The van der Waals surface area contributed by atoms with Gasteiger partial charge in [-0.05, 0) is 59.9 Å². The van der Waals surface area contributed by atoms with E-state index in [4.69, 9.17) is 0 Å². The Bertz CT molecular complexity index is 777. The fraction of sp³-hybridized carbons (Fsp3) is 0.417. The third-order valence-electron chi connectivity index (χ3n) is 5.11. The Kier molecular flexibility index (Phi) is 4.42. The molecule has 2 aromatic rings. The molecule has 0 radical (unpaired) electrons. The van der Waals surface area contributed by atoms with E-state index in [-0.39, 0.29) is 5.41 Å². The van der Waals surface area contributed by atoms with Gasteiger partial charge in [-0.1, -0.05) is 87.2 Å². The number of rotatable bonds is 3. The maximum absolute atomic E-state index is 2.47. The first-order valence-corrected chi connectivity index (χ1v) is 9.24. The molecule has 1 aliphatic carbocycles. The van der Waals surface area contributed by atoms with Crippen LogP contribution in [0.5, 0.6) is 0 Å². The van der Waals surface area contributed by atoms with Gasteiger partial charge in [0.05, 0.1) is 0 Å². The summed E-state index contributed by atoms with van der Waals surface area (Å²) in [5.74, 6) is 0. The van der Waals surface area contributed by atoms with Crippen LogP contribution < -0.4 is 0 Å². The zero-order valence-corrected chi connectivity index (χ0v) is 16.1. The molecule has 0 bridgehead atoms. The molecule has 0 saturated heterocycles. The highest BCUT2D eigenvalue weighted by Gasteiger charge is 2.25. The van der Waals surface area contributed by atoms with Crippen molar-refractivity contribution in [3.8, 4) is 11.1 Å². The van der Waals surface area contributed by atoms with Crippen molar-refractivity contribution in [2.45, 2.75) is 60.8 Å². The third kappa shape index (κ3) is 3.20. The van der Waals surface area contributed by atoms with Crippen molar-refractivity contribution in [1.82, 2.24) is 0 Å². The minimum absolute atomic E-state index is 0.240. The number of hydrogen-bond acceptors (Lipinski definition) is 0. The molecule has 0 fully saturated rings. The Hall–Kier alpha value is -1.82. The minimum Gasteiger partial charge on any atom is -0.0651 e. The van der Waals surface area contributed by atoms with Gasteiger partial charge in [0.25, 0.3) is 0 Å². The first-order valence-electron chi connectivity index (χ1n) is 9.24. The van der Waals surface area contributed by atoms with Gasteiger partial charge in [0.15, 0.2) is 0 Å². The van der Waals surface area contributed by atoms with E-state index in [2.05, 4.69) is 78.0 Å². The molecule has 0 spiro atoms. The second-order valence-electron chi connectivity index (χ2n) is 8.40. The molecule has 2 aromatic carbocycles. The molecule has 1 aliphatic rings. The van der Waals surface area contributed by atoms with Gasteiger partial charge in [-0.3, -0.25) is 0 Å². The highest BCUT2D eigenvalue weighted by Crippen LogP contribution is 2.42. The Labute approximate surface area is 147 Å². The van der Waals surface area contributed by atoms with Crippen LogP contribution in [0.3, 0.4) is 0 Å². The molecule has 0 aromatic heterocycles. The van der Waals surface area contributed by atoms with E-state index in [9.17, 15) is 0 Å². The van der Waals surface area contributed by atoms with E-state index in [0.29, 0.717) is 0 Å². The van der Waals surface area contributed by atoms with Crippen molar-refractivity contribution in [2.24, 2.45) is 5.41 Å². The molecular weight excluding hydrogens is 288 g/mol. The molecule has 0 nitrogen and oxygen atoms in total. The van der Waals surface area contributed by atoms with Crippen LogP contribution >= 0.6 is 0 Å². The Balaban J connectivity index is 2.24. The summed E-state index contributed by atoms with van der Waals surface area (Å²) >= 11 is 0. The van der Waals surface area contributed by atoms with Crippen molar-refractivity contribution >= 4 is 6.08 Å². The molecule has 0 heterocycles. The van der Waals surface area contributed by atoms with Crippen LogP contribution in [0.25, 0.3) is 17.2 Å². The second kappa shape index (κ2) is 6.24. The number of fused-ring (bicyclic) bond motifs is 1. The summed E-state index contributed by atoms with van der Waals surface area (Å²) in [7, 11) is 0. The first-order chi connectivity index (χ1) is 11.3. The molecule has 3 rings (SSSR count). The van der Waals surface area contributed by atoms with E-state index < -0.39 is 0 Å². The Morgan fingerprint density at radius 3 is 2.21 bits per heavy atom. The molecule has 0 atom stereocenters. The molecule has 0 N–H and O–H groups in total. The van der Waals surface area contributed by atoms with E-state index in [1.165, 1.54) is 45.4 Å². The number of benzene rings is 2. The molecule has 24 heavy (non-hydrogen) atoms. The standard InChI is InChI=1S/C24H30/c1-7-8-18-9-10-19-14-21(24(4,5)6)15-22(19)23(18)20-12-16(2)11-17(3)13-20/h9-13,15H,7-8,14H2,1-6H3. The molecule has 126 valence electrons. The van der Waals surface area contributed by atoms with Crippen LogP contribution in [-0.4, -0.2) is 0 Å². The monoisotopic (exact) mass is 318 g/mol. The molecule has 0 aliphatic heterocycles. The van der Waals surface area contributed by atoms with Gasteiger partial charge in [-0.25, -0.2) is 0 Å². The van der Waals surface area contributed by atoms with Crippen molar-refractivity contribution in [2.75, 3.05) is 0 Å². The van der Waals surface area contributed by atoms with Gasteiger partial charge < -0.3 is 0 Å². The predicted octanol–water partition coefficient (Wildman–Crippen LogP) is 6.91. The summed E-state index contributed by atoms with van der Waals surface area (Å²) in [4.78, 5) is 0. The SMILES string of the molecule is CCCc1ccc2c(c1-c1cc(C)cc(C)c1)C=C(C(C)(C)C)C2. The van der Waals surface area contributed by atoms with Crippen molar-refractivity contribution in [3.05, 3.63) is 63.7 Å². The quantitative estimate of drug-likeness (QED) is 0.577. The van der Waals surface area contributed by atoms with Crippen LogP contribution in [0.2, 0.25) is 0 Å². The van der Waals surface area contributed by atoms with Crippen LogP contribution in [0, 0.1) is 19.3 Å². The van der Waals surface area contributed by atoms with Crippen LogP contribution in [0.15, 0.2) is 35.9 Å². The fourth-order valence-corrected chi connectivity index (χ4v) is 3.88. The summed E-state index contributed by atoms with van der Waals surface area (Å²) < 4.78 is 0. The normalized spacial score (nSPS) is 13.8. The molecule has 0 heteroatoms. The molecule has 0 saturated carbocycles. The predicted molar refractivity (Wildman–Crippen MR) is 106 cm³/mol.